The number of amides is 2. The number of carbonyl (C=O) groups excluding carboxylic acids is 2. The number of aromatic nitrogens is 2. The predicted octanol–water partition coefficient (Wildman–Crippen LogP) is 2.19. The lowest BCUT2D eigenvalue weighted by Gasteiger charge is -2.08. The summed E-state index contributed by atoms with van der Waals surface area (Å²) in [6, 6.07) is 11.3. The topological polar surface area (TPSA) is 111 Å². The van der Waals surface area contributed by atoms with Crippen LogP contribution in [0.25, 0.3) is 22.4 Å². The number of pyridine rings is 1. The van der Waals surface area contributed by atoms with Crippen LogP contribution < -0.4 is 11.1 Å². The fraction of sp³-hybridized carbons (Fsp3) is 0.222. The standard InChI is InChI=1S/C18H18N4O3/c1-11-16-13(17(24)20-9-5-8-15(19)23)10-14(21-18(16)25-22-11)12-6-3-2-4-7-12/h2-4,6-7,10H,5,8-9H2,1H3,(H2,19,23)(H,20,24). The van der Waals surface area contributed by atoms with Crippen LogP contribution in [0.2, 0.25) is 0 Å². The first-order valence-electron chi connectivity index (χ1n) is 7.95. The molecule has 3 N–H and O–H groups in total. The molecule has 3 rings (SSSR count). The molecule has 2 aromatic heterocycles. The molecule has 0 aliphatic rings. The maximum atomic E-state index is 12.6. The average molecular weight is 338 g/mol. The summed E-state index contributed by atoms with van der Waals surface area (Å²) in [5.41, 5.74) is 7.98. The highest BCUT2D eigenvalue weighted by molar-refractivity contribution is 6.07. The third-order valence-electron chi connectivity index (χ3n) is 3.82. The molecular weight excluding hydrogens is 320 g/mol. The molecule has 2 amide bonds. The summed E-state index contributed by atoms with van der Waals surface area (Å²) < 4.78 is 5.26. The Morgan fingerprint density at radius 3 is 2.72 bits per heavy atom. The number of nitrogens with one attached hydrogen (secondary N) is 1. The quantitative estimate of drug-likeness (QED) is 0.669. The monoisotopic (exact) mass is 338 g/mol. The summed E-state index contributed by atoms with van der Waals surface area (Å²) in [5, 5.41) is 7.30. The van der Waals surface area contributed by atoms with Gasteiger partial charge < -0.3 is 15.6 Å². The fourth-order valence-corrected chi connectivity index (χ4v) is 2.59. The summed E-state index contributed by atoms with van der Waals surface area (Å²) in [5.74, 6) is -0.651. The van der Waals surface area contributed by atoms with Gasteiger partial charge in [-0.3, -0.25) is 9.59 Å². The van der Waals surface area contributed by atoms with Gasteiger partial charge in [0.2, 0.25) is 5.91 Å². The van der Waals surface area contributed by atoms with E-state index in [0.29, 0.717) is 41.0 Å². The summed E-state index contributed by atoms with van der Waals surface area (Å²) in [7, 11) is 0. The van der Waals surface area contributed by atoms with E-state index < -0.39 is 0 Å². The van der Waals surface area contributed by atoms with Crippen LogP contribution in [0.5, 0.6) is 0 Å². The predicted molar refractivity (Wildman–Crippen MR) is 92.7 cm³/mol. The van der Waals surface area contributed by atoms with Crippen molar-refractivity contribution in [2.45, 2.75) is 19.8 Å². The molecule has 0 fully saturated rings. The molecule has 3 aromatic rings. The zero-order valence-corrected chi connectivity index (χ0v) is 13.8. The summed E-state index contributed by atoms with van der Waals surface area (Å²) in [4.78, 5) is 27.9. The summed E-state index contributed by atoms with van der Waals surface area (Å²) in [6.07, 6.45) is 0.719. The Morgan fingerprint density at radius 1 is 1.24 bits per heavy atom. The number of aryl methyl sites for hydroxylation is 1. The van der Waals surface area contributed by atoms with Gasteiger partial charge in [-0.1, -0.05) is 35.5 Å². The van der Waals surface area contributed by atoms with E-state index in [9.17, 15) is 9.59 Å². The zero-order valence-electron chi connectivity index (χ0n) is 13.8. The van der Waals surface area contributed by atoms with Gasteiger partial charge in [-0.15, -0.1) is 0 Å². The van der Waals surface area contributed by atoms with Crippen molar-refractivity contribution in [3.63, 3.8) is 0 Å². The number of carbonyl (C=O) groups is 2. The normalized spacial score (nSPS) is 10.8. The lowest BCUT2D eigenvalue weighted by Crippen LogP contribution is -2.26. The van der Waals surface area contributed by atoms with Gasteiger partial charge >= 0.3 is 0 Å². The number of primary amides is 1. The number of hydrogen-bond acceptors (Lipinski definition) is 5. The second kappa shape index (κ2) is 7.12. The number of nitrogens with two attached hydrogens (primary N) is 1. The molecule has 0 aliphatic carbocycles. The van der Waals surface area contributed by atoms with Crippen molar-refractivity contribution in [3.05, 3.63) is 47.7 Å². The number of rotatable bonds is 6. The van der Waals surface area contributed by atoms with E-state index in [2.05, 4.69) is 15.5 Å². The molecule has 2 heterocycles. The van der Waals surface area contributed by atoms with Crippen molar-refractivity contribution in [1.29, 1.82) is 0 Å². The molecule has 0 bridgehead atoms. The van der Waals surface area contributed by atoms with Crippen LogP contribution in [-0.4, -0.2) is 28.5 Å². The molecule has 7 nitrogen and oxygen atoms in total. The van der Waals surface area contributed by atoms with E-state index in [0.717, 1.165) is 5.56 Å². The number of nitrogens with zero attached hydrogens (tertiary/aromatic N) is 2. The summed E-state index contributed by atoms with van der Waals surface area (Å²) >= 11 is 0. The third-order valence-corrected chi connectivity index (χ3v) is 3.82. The zero-order chi connectivity index (χ0) is 17.8. The van der Waals surface area contributed by atoms with E-state index in [4.69, 9.17) is 10.3 Å². The van der Waals surface area contributed by atoms with Gasteiger partial charge in [0.25, 0.3) is 11.6 Å². The van der Waals surface area contributed by atoms with Crippen molar-refractivity contribution >= 4 is 22.9 Å². The van der Waals surface area contributed by atoms with Crippen molar-refractivity contribution in [2.24, 2.45) is 5.73 Å². The Morgan fingerprint density at radius 2 is 2.00 bits per heavy atom. The van der Waals surface area contributed by atoms with Crippen LogP contribution in [0.15, 0.2) is 40.9 Å². The van der Waals surface area contributed by atoms with Gasteiger partial charge in [-0.2, -0.15) is 0 Å². The molecule has 7 heteroatoms. The van der Waals surface area contributed by atoms with E-state index in [-0.39, 0.29) is 18.2 Å². The highest BCUT2D eigenvalue weighted by Gasteiger charge is 2.19. The Hall–Kier alpha value is -3.22. The average Bonchev–Trinajstić information content (AvgIpc) is 2.99. The lowest BCUT2D eigenvalue weighted by atomic mass is 10.1. The van der Waals surface area contributed by atoms with Gasteiger partial charge in [0, 0.05) is 18.5 Å². The molecule has 0 atom stereocenters. The minimum atomic E-state index is -0.387. The van der Waals surface area contributed by atoms with Gasteiger partial charge in [0.15, 0.2) is 0 Å². The van der Waals surface area contributed by atoms with E-state index in [1.165, 1.54) is 0 Å². The second-order valence-electron chi connectivity index (χ2n) is 5.69. The highest BCUT2D eigenvalue weighted by Crippen LogP contribution is 2.26. The molecule has 0 radical (unpaired) electrons. The smallest absolute Gasteiger partial charge is 0.259 e. The summed E-state index contributed by atoms with van der Waals surface area (Å²) in [6.45, 7) is 2.12. The first-order valence-corrected chi connectivity index (χ1v) is 7.95. The van der Waals surface area contributed by atoms with Crippen LogP contribution >= 0.6 is 0 Å². The van der Waals surface area contributed by atoms with E-state index in [1.54, 1.807) is 13.0 Å². The van der Waals surface area contributed by atoms with Gasteiger partial charge in [-0.25, -0.2) is 4.98 Å². The first-order chi connectivity index (χ1) is 12.1. The highest BCUT2D eigenvalue weighted by atomic mass is 16.5. The van der Waals surface area contributed by atoms with Crippen molar-refractivity contribution in [3.8, 4) is 11.3 Å². The molecule has 1 aromatic carbocycles. The van der Waals surface area contributed by atoms with Crippen LogP contribution in [0.1, 0.15) is 28.9 Å². The molecule has 128 valence electrons. The van der Waals surface area contributed by atoms with Gasteiger partial charge in [0.1, 0.15) is 0 Å². The maximum absolute atomic E-state index is 12.6. The number of fused-ring (bicyclic) bond motifs is 1. The van der Waals surface area contributed by atoms with E-state index >= 15 is 0 Å². The number of hydrogen-bond donors (Lipinski definition) is 2. The van der Waals surface area contributed by atoms with Gasteiger partial charge in [0.05, 0.1) is 22.3 Å². The van der Waals surface area contributed by atoms with Crippen LogP contribution in [0.3, 0.4) is 0 Å². The molecular formula is C18H18N4O3. The minimum Gasteiger partial charge on any atom is -0.370 e. The first kappa shape index (κ1) is 16.6. The van der Waals surface area contributed by atoms with Crippen LogP contribution in [0.4, 0.5) is 0 Å². The molecule has 0 saturated carbocycles. The van der Waals surface area contributed by atoms with E-state index in [1.807, 2.05) is 30.3 Å². The Labute approximate surface area is 144 Å². The number of benzene rings is 1. The molecule has 25 heavy (non-hydrogen) atoms. The van der Waals surface area contributed by atoms with Gasteiger partial charge in [-0.05, 0) is 19.4 Å². The SMILES string of the molecule is Cc1noc2nc(-c3ccccc3)cc(C(=O)NCCCC(N)=O)c12. The van der Waals surface area contributed by atoms with Crippen LogP contribution in [0, 0.1) is 6.92 Å². The molecule has 0 saturated heterocycles. The Bertz CT molecular complexity index is 919. The maximum Gasteiger partial charge on any atom is 0.259 e. The van der Waals surface area contributed by atoms with Crippen LogP contribution in [-0.2, 0) is 4.79 Å². The molecule has 0 aliphatic heterocycles. The molecule has 0 spiro atoms. The Kier molecular flexibility index (Phi) is 4.74. The minimum absolute atomic E-state index is 0.230. The molecule has 0 unspecified atom stereocenters. The van der Waals surface area contributed by atoms with Crippen molar-refractivity contribution < 1.29 is 14.1 Å². The second-order valence-corrected chi connectivity index (χ2v) is 5.69. The van der Waals surface area contributed by atoms with Crippen molar-refractivity contribution in [2.75, 3.05) is 6.54 Å². The van der Waals surface area contributed by atoms with Crippen molar-refractivity contribution in [1.82, 2.24) is 15.5 Å². The largest absolute Gasteiger partial charge is 0.370 e. The lowest BCUT2D eigenvalue weighted by molar-refractivity contribution is -0.118. The third kappa shape index (κ3) is 3.65. The fourth-order valence-electron chi connectivity index (χ4n) is 2.59. The Balaban J connectivity index is 1.93.